The Bertz CT molecular complexity index is 3680. The van der Waals surface area contributed by atoms with Crippen molar-refractivity contribution in [1.82, 2.24) is 19.5 Å². The molecule has 0 saturated carbocycles. The third kappa shape index (κ3) is 7.25. The molecule has 310 valence electrons. The summed E-state index contributed by atoms with van der Waals surface area (Å²) in [5, 5.41) is 4.65. The van der Waals surface area contributed by atoms with E-state index in [0.29, 0.717) is 17.6 Å². The number of hydrogen-bond acceptors (Lipinski definition) is 4. The van der Waals surface area contributed by atoms with Crippen LogP contribution in [0.5, 0.6) is 0 Å². The molecule has 12 rings (SSSR count). The fourth-order valence-electron chi connectivity index (χ4n) is 9.14. The average molecular weight is 844 g/mol. The zero-order valence-electron chi connectivity index (χ0n) is 35.9. The number of hydrogen-bond donors (Lipinski definition) is 0. The number of aromatic nitrogens is 4. The van der Waals surface area contributed by atoms with Gasteiger partial charge >= 0.3 is 0 Å². The van der Waals surface area contributed by atoms with Crippen LogP contribution in [-0.2, 0) is 0 Å². The first kappa shape index (κ1) is 38.7. The Labute approximate surface area is 383 Å². The molecule has 0 spiro atoms. The molecule has 0 aliphatic rings. The fourth-order valence-corrected chi connectivity index (χ4v) is 9.14. The third-order valence-corrected chi connectivity index (χ3v) is 12.4. The van der Waals surface area contributed by atoms with E-state index in [-0.39, 0.29) is 0 Å². The van der Waals surface area contributed by atoms with Gasteiger partial charge in [0, 0.05) is 39.0 Å². The first-order valence-electron chi connectivity index (χ1n) is 22.3. The molecular formula is C61H41N5. The molecule has 0 fully saturated rings. The van der Waals surface area contributed by atoms with Crippen molar-refractivity contribution < 1.29 is 0 Å². The molecule has 2 aromatic heterocycles. The van der Waals surface area contributed by atoms with Crippen LogP contribution >= 0.6 is 0 Å². The van der Waals surface area contributed by atoms with Gasteiger partial charge in [0.15, 0.2) is 11.6 Å². The van der Waals surface area contributed by atoms with Gasteiger partial charge in [0.05, 0.1) is 11.0 Å². The highest BCUT2D eigenvalue weighted by Crippen LogP contribution is 2.41. The quantitative estimate of drug-likeness (QED) is 0.145. The minimum atomic E-state index is 0.539. The fraction of sp³-hybridized carbons (Fsp3) is 0. The second-order valence-corrected chi connectivity index (χ2v) is 16.5. The Morgan fingerprint density at radius 3 is 1.39 bits per heavy atom. The topological polar surface area (TPSA) is 46.8 Å². The number of anilines is 3. The summed E-state index contributed by atoms with van der Waals surface area (Å²) < 4.78 is 2.23. The second kappa shape index (κ2) is 16.6. The lowest BCUT2D eigenvalue weighted by Crippen LogP contribution is -2.10. The number of para-hydroxylation sites is 1. The third-order valence-electron chi connectivity index (χ3n) is 12.4. The summed E-state index contributed by atoms with van der Waals surface area (Å²) >= 11 is 0. The highest BCUT2D eigenvalue weighted by molar-refractivity contribution is 6.11. The van der Waals surface area contributed by atoms with Crippen molar-refractivity contribution in [3.05, 3.63) is 249 Å². The van der Waals surface area contributed by atoms with Crippen LogP contribution in [0.2, 0.25) is 0 Å². The Hall–Kier alpha value is -8.93. The first-order chi connectivity index (χ1) is 32.7. The molecule has 0 aliphatic carbocycles. The predicted octanol–water partition coefficient (Wildman–Crippen LogP) is 15.9. The van der Waals surface area contributed by atoms with Crippen molar-refractivity contribution in [2.24, 2.45) is 0 Å². The van der Waals surface area contributed by atoms with Gasteiger partial charge in [-0.3, -0.25) is 4.57 Å². The molecule has 0 bridgehead atoms. The molecule has 0 radical (unpaired) electrons. The van der Waals surface area contributed by atoms with Gasteiger partial charge in [-0.2, -0.15) is 9.97 Å². The molecule has 66 heavy (non-hydrogen) atoms. The first-order valence-corrected chi connectivity index (χ1v) is 22.3. The number of benzene rings is 10. The lowest BCUT2D eigenvalue weighted by molar-refractivity contribution is 0.953. The highest BCUT2D eigenvalue weighted by atomic mass is 15.2. The highest BCUT2D eigenvalue weighted by Gasteiger charge is 2.21. The average Bonchev–Trinajstić information content (AvgIpc) is 3.72. The Morgan fingerprint density at radius 2 is 0.712 bits per heavy atom. The monoisotopic (exact) mass is 843 g/mol. The van der Waals surface area contributed by atoms with Crippen LogP contribution in [0.15, 0.2) is 249 Å². The largest absolute Gasteiger partial charge is 0.310 e. The predicted molar refractivity (Wildman–Crippen MR) is 274 cm³/mol. The van der Waals surface area contributed by atoms with Crippen molar-refractivity contribution in [3.8, 4) is 62.1 Å². The van der Waals surface area contributed by atoms with Crippen molar-refractivity contribution >= 4 is 49.6 Å². The summed E-state index contributed by atoms with van der Waals surface area (Å²) in [6, 6.07) is 87.8. The Kier molecular flexibility index (Phi) is 9.77. The second-order valence-electron chi connectivity index (χ2n) is 16.5. The normalized spacial score (nSPS) is 11.3. The van der Waals surface area contributed by atoms with Gasteiger partial charge in [0.25, 0.3) is 0 Å². The zero-order chi connectivity index (χ0) is 43.8. The smallest absolute Gasteiger partial charge is 0.238 e. The maximum absolute atomic E-state index is 5.38. The van der Waals surface area contributed by atoms with Crippen LogP contribution in [0.1, 0.15) is 0 Å². The summed E-state index contributed by atoms with van der Waals surface area (Å²) in [6.07, 6.45) is 0. The Balaban J connectivity index is 1.07. The summed E-state index contributed by atoms with van der Waals surface area (Å²) in [6.45, 7) is 0. The maximum atomic E-state index is 5.38. The molecule has 0 amide bonds. The molecule has 10 aromatic carbocycles. The summed E-state index contributed by atoms with van der Waals surface area (Å²) in [5.74, 6) is 1.73. The van der Waals surface area contributed by atoms with E-state index < -0.39 is 0 Å². The van der Waals surface area contributed by atoms with E-state index in [1.807, 2.05) is 18.2 Å². The van der Waals surface area contributed by atoms with Crippen molar-refractivity contribution in [3.63, 3.8) is 0 Å². The van der Waals surface area contributed by atoms with Gasteiger partial charge in [-0.25, -0.2) is 4.98 Å². The van der Waals surface area contributed by atoms with Gasteiger partial charge in [-0.1, -0.05) is 200 Å². The number of nitrogens with zero attached hydrogens (tertiary/aromatic N) is 5. The lowest BCUT2D eigenvalue weighted by Gasteiger charge is -2.26. The van der Waals surface area contributed by atoms with Crippen molar-refractivity contribution in [2.45, 2.75) is 0 Å². The summed E-state index contributed by atoms with van der Waals surface area (Å²) in [7, 11) is 0. The lowest BCUT2D eigenvalue weighted by atomic mass is 10.0. The maximum Gasteiger partial charge on any atom is 0.238 e. The minimum Gasteiger partial charge on any atom is -0.310 e. The van der Waals surface area contributed by atoms with Gasteiger partial charge in [-0.05, 0) is 92.7 Å². The van der Waals surface area contributed by atoms with Crippen molar-refractivity contribution in [1.29, 1.82) is 0 Å². The van der Waals surface area contributed by atoms with E-state index in [4.69, 9.17) is 15.0 Å². The van der Waals surface area contributed by atoms with E-state index in [2.05, 4.69) is 240 Å². The van der Waals surface area contributed by atoms with E-state index in [1.165, 1.54) is 16.3 Å². The van der Waals surface area contributed by atoms with Gasteiger partial charge < -0.3 is 4.90 Å². The van der Waals surface area contributed by atoms with Crippen LogP contribution in [0.25, 0.3) is 94.7 Å². The minimum absolute atomic E-state index is 0.539. The molecule has 0 unspecified atom stereocenters. The zero-order valence-corrected chi connectivity index (χ0v) is 35.9. The Morgan fingerprint density at radius 1 is 0.273 bits per heavy atom. The van der Waals surface area contributed by atoms with Crippen LogP contribution in [0, 0.1) is 0 Å². The SMILES string of the molecule is c1ccc(-c2cccc(N(c3ccccc3)c3ccc4c5ccc(-c6ccccc6)cc5n(-c5nc(-c6ccccc6)nc(-c6ccc(-c7ccc8ccccc8c7)cc6)n5)c4c3)c2)cc1. The van der Waals surface area contributed by atoms with Crippen LogP contribution in [0.3, 0.4) is 0 Å². The summed E-state index contributed by atoms with van der Waals surface area (Å²) in [5.41, 5.74) is 13.8. The molecule has 12 aromatic rings. The van der Waals surface area contributed by atoms with Crippen LogP contribution in [-0.4, -0.2) is 19.5 Å². The van der Waals surface area contributed by atoms with Crippen molar-refractivity contribution in [2.75, 3.05) is 4.90 Å². The van der Waals surface area contributed by atoms with Gasteiger partial charge in [0.1, 0.15) is 0 Å². The van der Waals surface area contributed by atoms with Gasteiger partial charge in [-0.15, -0.1) is 0 Å². The molecule has 2 heterocycles. The molecule has 0 atom stereocenters. The summed E-state index contributed by atoms with van der Waals surface area (Å²) in [4.78, 5) is 18.2. The number of fused-ring (bicyclic) bond motifs is 4. The molecule has 0 saturated heterocycles. The van der Waals surface area contributed by atoms with Gasteiger partial charge in [0.2, 0.25) is 5.95 Å². The van der Waals surface area contributed by atoms with Crippen LogP contribution in [0.4, 0.5) is 17.1 Å². The van der Waals surface area contributed by atoms with E-state index in [0.717, 1.165) is 77.8 Å². The number of rotatable bonds is 9. The molecule has 0 N–H and O–H groups in total. The standard InChI is InChI=1S/C61H41N5/c1-5-16-42(17-6-1)49-24-15-27-53(39-49)65(52-25-11-4-12-26-52)54-35-37-56-55-36-34-51(43-18-7-2-8-19-43)40-57(55)66(58(56)41-54)61-63-59(46-21-9-3-10-22-46)62-60(64-61)47-31-28-45(29-32-47)50-33-30-44-20-13-14-23-48(44)38-50/h1-41H. The van der Waals surface area contributed by atoms with E-state index in [1.54, 1.807) is 0 Å². The molecule has 0 aliphatic heterocycles. The van der Waals surface area contributed by atoms with E-state index in [9.17, 15) is 0 Å². The van der Waals surface area contributed by atoms with E-state index >= 15 is 0 Å². The molecule has 5 heteroatoms. The molecular weight excluding hydrogens is 803 g/mol. The van der Waals surface area contributed by atoms with Crippen LogP contribution < -0.4 is 4.90 Å². The molecule has 5 nitrogen and oxygen atoms in total.